The molecule has 2 spiro atoms. The summed E-state index contributed by atoms with van der Waals surface area (Å²) in [6.07, 6.45) is 115. The normalized spacial score (nSPS) is 24.4. The number of benzene rings is 2. The maximum atomic E-state index is 16.3. The van der Waals surface area contributed by atoms with E-state index in [9.17, 15) is 0 Å². The molecular weight excluding hydrogens is 1390 g/mol. The fraction of sp³-hybridized carbons (Fsp3) is 0.886. The Labute approximate surface area is 701 Å². The third-order valence-corrected chi connectivity index (χ3v) is 27.1. The highest BCUT2D eigenvalue weighted by Gasteiger charge is 2.55. The van der Waals surface area contributed by atoms with E-state index in [4.69, 9.17) is 14.2 Å². The molecule has 1 atom stereocenters. The van der Waals surface area contributed by atoms with Crippen molar-refractivity contribution in [3.8, 4) is 11.5 Å². The van der Waals surface area contributed by atoms with E-state index in [1.165, 1.54) is 512 Å². The summed E-state index contributed by atoms with van der Waals surface area (Å²) >= 11 is 0. The second-order valence-corrected chi connectivity index (χ2v) is 37.4. The van der Waals surface area contributed by atoms with E-state index in [0.717, 1.165) is 70.9 Å². The summed E-state index contributed by atoms with van der Waals surface area (Å²) in [7, 11) is 0. The van der Waals surface area contributed by atoms with Crippen LogP contribution < -0.4 is 15.0 Å². The molecule has 2 aromatic carbocycles. The van der Waals surface area contributed by atoms with Crippen molar-refractivity contribution in [2.24, 2.45) is 5.41 Å². The first-order valence-corrected chi connectivity index (χ1v) is 51.7. The van der Waals surface area contributed by atoms with Crippen molar-refractivity contribution in [3.05, 3.63) is 53.8 Å². The molecule has 5 nitrogen and oxygen atoms in total. The number of rotatable bonds is 3. The van der Waals surface area contributed by atoms with E-state index in [0.29, 0.717) is 32.0 Å². The molecule has 2 aromatic rings. The van der Waals surface area contributed by atoms with Crippen LogP contribution >= 0.6 is 0 Å². The monoisotopic (exact) mass is 1580 g/mol. The van der Waals surface area contributed by atoms with E-state index in [2.05, 4.69) is 10.2 Å². The highest BCUT2D eigenvalue weighted by atomic mass is 19.2. The van der Waals surface area contributed by atoms with Crippen molar-refractivity contribution in [1.29, 1.82) is 0 Å². The lowest BCUT2D eigenvalue weighted by atomic mass is 9.68. The van der Waals surface area contributed by atoms with Crippen molar-refractivity contribution < 1.29 is 27.4 Å². The van der Waals surface area contributed by atoms with Crippen LogP contribution in [0, 0.1) is 22.9 Å². The van der Waals surface area contributed by atoms with Gasteiger partial charge in [-0.3, -0.25) is 0 Å². The summed E-state index contributed by atoms with van der Waals surface area (Å²) in [6, 6.07) is 8.68. The van der Waals surface area contributed by atoms with Gasteiger partial charge in [-0.2, -0.15) is 0 Å². The van der Waals surface area contributed by atoms with Gasteiger partial charge in [0, 0.05) is 43.1 Å². The average Bonchev–Trinajstić information content (AvgIpc) is 1.73. The highest BCUT2D eigenvalue weighted by Crippen LogP contribution is 2.52. The number of ether oxygens (including phenoxy) is 3. The molecule has 0 amide bonds. The van der Waals surface area contributed by atoms with Gasteiger partial charge in [0.25, 0.3) is 0 Å². The van der Waals surface area contributed by atoms with Gasteiger partial charge in [-0.05, 0) is 63.7 Å². The standard InChI is InChI=1S/C105H189F3N2O3/c106-98-84-83-85-99(94-98)113-103-96-101(108)100(107)95-102(103)110-91-82-81-90-109-89-80-76-72-68-64-60-56-52-48-44-40-36-32-28-24-20-16-12-8-10-14-18-22-26-30-34-38-42-46-50-54-58-62-66-70-74-78-87-104(97-110)86-77-73-69-65-61-57-53-49-45-41-37-33-29-25-21-17-13-9-6-4-2-1-3-5-7-11-15-19-23-27-31-35-39-43-47-51-55-59-63-67-71-75-79-88-105(104)111-92-93-112-105/h83-85,94-96,109H,1-82,86-93,97H2. The number of nitrogens with one attached hydrogen (secondary N) is 1. The molecule has 0 radical (unpaired) electrons. The van der Waals surface area contributed by atoms with Crippen LogP contribution in [0.1, 0.15) is 546 Å². The second kappa shape index (κ2) is 74.7. The Bertz CT molecular complexity index is 2300. The molecule has 113 heavy (non-hydrogen) atoms. The molecule has 2 saturated heterocycles. The quantitative estimate of drug-likeness (QED) is 0.332. The smallest absolute Gasteiger partial charge is 0.175 e. The molecule has 1 unspecified atom stereocenters. The lowest BCUT2D eigenvalue weighted by Crippen LogP contribution is -2.56. The third kappa shape index (κ3) is 54.6. The Hall–Kier alpha value is -2.29. The number of halogens is 3. The maximum Gasteiger partial charge on any atom is 0.175 e. The Kier molecular flexibility index (Phi) is 67.0. The number of hydrogen-bond acceptors (Lipinski definition) is 5. The van der Waals surface area contributed by atoms with Gasteiger partial charge in [0.2, 0.25) is 0 Å². The fourth-order valence-electron chi connectivity index (χ4n) is 19.8. The van der Waals surface area contributed by atoms with Gasteiger partial charge < -0.3 is 24.4 Å². The summed E-state index contributed by atoms with van der Waals surface area (Å²) in [5.74, 6) is -2.58. The topological polar surface area (TPSA) is 43.0 Å². The predicted octanol–water partition coefficient (Wildman–Crippen LogP) is 36.2. The first kappa shape index (κ1) is 101. The van der Waals surface area contributed by atoms with Gasteiger partial charge >= 0.3 is 0 Å². The van der Waals surface area contributed by atoms with Gasteiger partial charge in [-0.1, -0.05) is 507 Å². The minimum Gasteiger partial charge on any atom is -0.455 e. The van der Waals surface area contributed by atoms with E-state index in [1.54, 1.807) is 12.1 Å². The second-order valence-electron chi connectivity index (χ2n) is 37.4. The molecule has 0 bridgehead atoms. The summed E-state index contributed by atoms with van der Waals surface area (Å²) in [6.45, 7) is 4.33. The molecule has 2 aliphatic heterocycles. The van der Waals surface area contributed by atoms with Crippen LogP contribution in [-0.2, 0) is 9.47 Å². The number of hydrogen-bond donors (Lipinski definition) is 1. The van der Waals surface area contributed by atoms with E-state index in [-0.39, 0.29) is 11.5 Å². The summed E-state index contributed by atoms with van der Waals surface area (Å²) in [5.41, 5.74) is 0.0938. The molecule has 2 heterocycles. The zero-order valence-electron chi connectivity index (χ0n) is 75.1. The maximum absolute atomic E-state index is 16.3. The van der Waals surface area contributed by atoms with Gasteiger partial charge in [0.1, 0.15) is 11.6 Å². The van der Waals surface area contributed by atoms with Crippen molar-refractivity contribution >= 4 is 5.69 Å². The SMILES string of the molecule is Fc1cccc(Oc2cc(F)c(F)cc2N2CCCCNCCCCCCCCCCCCCCCCCCCCCCCCCCCCCCCCCCCCCCCC3(CCCCCCCCCCCCCCCCCCCCCCCCCCCCCCCCCCCCCCCCCCCCCC34OCCO4)C2)c1. The highest BCUT2D eigenvalue weighted by molar-refractivity contribution is 5.60. The van der Waals surface area contributed by atoms with Crippen molar-refractivity contribution in [2.45, 2.75) is 552 Å². The first-order valence-electron chi connectivity index (χ1n) is 51.7. The molecule has 1 aliphatic carbocycles. The molecular formula is C105H189F3N2O3. The lowest BCUT2D eigenvalue weighted by molar-refractivity contribution is -0.246. The van der Waals surface area contributed by atoms with Gasteiger partial charge in [-0.25, -0.2) is 13.2 Å². The molecule has 1 N–H and O–H groups in total. The van der Waals surface area contributed by atoms with Crippen LogP contribution in [0.2, 0.25) is 0 Å². The minimum atomic E-state index is -0.959. The van der Waals surface area contributed by atoms with Crippen LogP contribution in [0.4, 0.5) is 18.9 Å². The predicted molar refractivity (Wildman–Crippen MR) is 487 cm³/mol. The zero-order valence-corrected chi connectivity index (χ0v) is 75.1. The Morgan fingerprint density at radius 3 is 0.779 bits per heavy atom. The minimum absolute atomic E-state index is 0.224. The van der Waals surface area contributed by atoms with Gasteiger partial charge in [0.15, 0.2) is 23.2 Å². The summed E-state index contributed by atoms with van der Waals surface area (Å²) in [4.78, 5) is 2.35. The van der Waals surface area contributed by atoms with Crippen molar-refractivity contribution in [1.82, 2.24) is 5.32 Å². The Morgan fingerprint density at radius 2 is 0.504 bits per heavy atom. The number of anilines is 1. The molecule has 0 aromatic heterocycles. The van der Waals surface area contributed by atoms with Gasteiger partial charge in [-0.15, -0.1) is 0 Å². The Balaban J connectivity index is 1.29. The van der Waals surface area contributed by atoms with E-state index < -0.39 is 28.7 Å². The average molecular weight is 1580 g/mol. The molecule has 8 heteroatoms. The van der Waals surface area contributed by atoms with Crippen LogP contribution in [0.3, 0.4) is 0 Å². The van der Waals surface area contributed by atoms with Gasteiger partial charge in [0.05, 0.1) is 18.9 Å². The van der Waals surface area contributed by atoms with E-state index >= 15 is 13.2 Å². The zero-order chi connectivity index (χ0) is 79.5. The number of nitrogens with zero attached hydrogens (tertiary/aromatic N) is 1. The summed E-state index contributed by atoms with van der Waals surface area (Å²) in [5, 5.41) is 3.82. The van der Waals surface area contributed by atoms with Crippen LogP contribution in [0.15, 0.2) is 36.4 Å². The summed E-state index contributed by atoms with van der Waals surface area (Å²) < 4.78 is 68.4. The van der Waals surface area contributed by atoms with E-state index in [1.807, 2.05) is 0 Å². The first-order chi connectivity index (χ1) is 56.0. The molecule has 658 valence electrons. The number of fused-ring (bicyclic) bond motifs is 1. The molecule has 5 rings (SSSR count). The van der Waals surface area contributed by atoms with Crippen molar-refractivity contribution in [3.63, 3.8) is 0 Å². The molecule has 3 fully saturated rings. The van der Waals surface area contributed by atoms with Crippen molar-refractivity contribution in [2.75, 3.05) is 44.3 Å². The van der Waals surface area contributed by atoms with Crippen LogP contribution in [0.5, 0.6) is 11.5 Å². The lowest BCUT2D eigenvalue weighted by Gasteiger charge is -2.50. The van der Waals surface area contributed by atoms with Crippen LogP contribution in [-0.4, -0.2) is 45.2 Å². The Morgan fingerprint density at radius 1 is 0.265 bits per heavy atom. The largest absolute Gasteiger partial charge is 0.455 e. The fourth-order valence-corrected chi connectivity index (χ4v) is 19.8. The van der Waals surface area contributed by atoms with Crippen LogP contribution in [0.25, 0.3) is 0 Å². The molecule has 1 saturated carbocycles. The third-order valence-electron chi connectivity index (χ3n) is 27.1. The molecule has 3 aliphatic rings.